The second-order valence-corrected chi connectivity index (χ2v) is 4.64. The molecular formula is C14H22O4. The van der Waals surface area contributed by atoms with Gasteiger partial charge in [0.15, 0.2) is 12.6 Å². The van der Waals surface area contributed by atoms with Crippen molar-refractivity contribution in [2.24, 2.45) is 5.92 Å². The molecule has 0 amide bonds. The van der Waals surface area contributed by atoms with Gasteiger partial charge in [0.2, 0.25) is 0 Å². The van der Waals surface area contributed by atoms with Crippen LogP contribution in [0.25, 0.3) is 0 Å². The Kier molecular flexibility index (Phi) is 6.29. The summed E-state index contributed by atoms with van der Waals surface area (Å²) in [6.45, 7) is 6.21. The molecule has 0 heterocycles. The average molecular weight is 254 g/mol. The first-order valence-electron chi connectivity index (χ1n) is 6.16. The second kappa shape index (κ2) is 7.48. The van der Waals surface area contributed by atoms with E-state index in [-0.39, 0.29) is 19.1 Å². The number of aliphatic hydroxyl groups is 2. The van der Waals surface area contributed by atoms with Crippen molar-refractivity contribution in [2.75, 3.05) is 13.2 Å². The van der Waals surface area contributed by atoms with Crippen LogP contribution in [0.5, 0.6) is 0 Å². The molecule has 18 heavy (non-hydrogen) atoms. The van der Waals surface area contributed by atoms with Crippen molar-refractivity contribution in [3.8, 4) is 0 Å². The smallest absolute Gasteiger partial charge is 0.181 e. The monoisotopic (exact) mass is 254 g/mol. The van der Waals surface area contributed by atoms with E-state index in [9.17, 15) is 10.2 Å². The Morgan fingerprint density at radius 3 is 2.11 bits per heavy atom. The Morgan fingerprint density at radius 2 is 1.56 bits per heavy atom. The first-order valence-corrected chi connectivity index (χ1v) is 6.16. The van der Waals surface area contributed by atoms with Gasteiger partial charge in [0, 0.05) is 11.5 Å². The Labute approximate surface area is 108 Å². The molecule has 1 aromatic carbocycles. The maximum Gasteiger partial charge on any atom is 0.181 e. The molecule has 4 heteroatoms. The van der Waals surface area contributed by atoms with Crippen LogP contribution in [0.15, 0.2) is 24.3 Å². The average Bonchev–Trinajstić information content (AvgIpc) is 2.34. The van der Waals surface area contributed by atoms with Crippen molar-refractivity contribution in [2.45, 2.75) is 33.4 Å². The molecule has 0 aromatic heterocycles. The normalized spacial score (nSPS) is 14.8. The first kappa shape index (κ1) is 15.1. The lowest BCUT2D eigenvalue weighted by atomic mass is 10.1. The van der Waals surface area contributed by atoms with Gasteiger partial charge >= 0.3 is 0 Å². The van der Waals surface area contributed by atoms with Gasteiger partial charge in [-0.05, 0) is 6.92 Å². The highest BCUT2D eigenvalue weighted by molar-refractivity contribution is 5.21. The van der Waals surface area contributed by atoms with Crippen LogP contribution in [0.2, 0.25) is 0 Å². The summed E-state index contributed by atoms with van der Waals surface area (Å²) in [4.78, 5) is 0. The number of benzene rings is 1. The zero-order valence-electron chi connectivity index (χ0n) is 11.2. The molecule has 0 radical (unpaired) electrons. The van der Waals surface area contributed by atoms with Crippen molar-refractivity contribution in [1.82, 2.24) is 0 Å². The van der Waals surface area contributed by atoms with E-state index in [2.05, 4.69) is 0 Å². The number of aliphatic hydroxyl groups excluding tert-OH is 2. The summed E-state index contributed by atoms with van der Waals surface area (Å²) in [6.07, 6.45) is -1.74. The Bertz CT molecular complexity index is 334. The summed E-state index contributed by atoms with van der Waals surface area (Å²) < 4.78 is 10.3. The molecule has 0 aliphatic carbocycles. The predicted molar refractivity (Wildman–Crippen MR) is 68.9 cm³/mol. The molecule has 2 unspecified atom stereocenters. The SMILES string of the molecule is Cc1ccc(C(O)OCCOC(O)C(C)C)cc1. The Balaban J connectivity index is 2.25. The highest BCUT2D eigenvalue weighted by Gasteiger charge is 2.10. The molecule has 2 N–H and O–H groups in total. The summed E-state index contributed by atoms with van der Waals surface area (Å²) in [6, 6.07) is 7.48. The van der Waals surface area contributed by atoms with Gasteiger partial charge in [0.25, 0.3) is 0 Å². The fourth-order valence-corrected chi connectivity index (χ4v) is 1.35. The third kappa shape index (κ3) is 5.14. The van der Waals surface area contributed by atoms with Gasteiger partial charge in [0.1, 0.15) is 0 Å². The van der Waals surface area contributed by atoms with Crippen LogP contribution in [0.1, 0.15) is 31.3 Å². The van der Waals surface area contributed by atoms with Gasteiger partial charge in [-0.25, -0.2) is 0 Å². The largest absolute Gasteiger partial charge is 0.368 e. The van der Waals surface area contributed by atoms with E-state index in [0.29, 0.717) is 5.56 Å². The molecule has 1 aromatic rings. The maximum atomic E-state index is 9.75. The topological polar surface area (TPSA) is 58.9 Å². The van der Waals surface area contributed by atoms with E-state index in [1.54, 1.807) is 0 Å². The number of hydrogen-bond donors (Lipinski definition) is 2. The molecular weight excluding hydrogens is 232 g/mol. The van der Waals surface area contributed by atoms with E-state index in [1.807, 2.05) is 45.0 Å². The molecule has 0 spiro atoms. The zero-order valence-corrected chi connectivity index (χ0v) is 11.2. The van der Waals surface area contributed by atoms with Gasteiger partial charge in [-0.15, -0.1) is 0 Å². The van der Waals surface area contributed by atoms with Crippen LogP contribution < -0.4 is 0 Å². The molecule has 2 atom stereocenters. The van der Waals surface area contributed by atoms with Gasteiger partial charge in [0.05, 0.1) is 13.2 Å². The number of aryl methyl sites for hydroxylation is 1. The minimum absolute atomic E-state index is 0.0482. The zero-order chi connectivity index (χ0) is 13.5. The fraction of sp³-hybridized carbons (Fsp3) is 0.571. The standard InChI is InChI=1S/C14H22O4/c1-10(2)13(15)17-8-9-18-14(16)12-6-4-11(3)5-7-12/h4-7,10,13-16H,8-9H2,1-3H3. The molecule has 102 valence electrons. The predicted octanol–water partition coefficient (Wildman–Crippen LogP) is 1.99. The summed E-state index contributed by atoms with van der Waals surface area (Å²) in [5.74, 6) is 0.0482. The van der Waals surface area contributed by atoms with Gasteiger partial charge in [-0.3, -0.25) is 0 Å². The quantitative estimate of drug-likeness (QED) is 0.577. The molecule has 0 fully saturated rings. The molecule has 0 bridgehead atoms. The second-order valence-electron chi connectivity index (χ2n) is 4.64. The van der Waals surface area contributed by atoms with E-state index in [0.717, 1.165) is 5.56 Å². The Morgan fingerprint density at radius 1 is 1.00 bits per heavy atom. The third-order valence-electron chi connectivity index (χ3n) is 2.58. The highest BCUT2D eigenvalue weighted by Crippen LogP contribution is 2.14. The maximum absolute atomic E-state index is 9.75. The molecule has 4 nitrogen and oxygen atoms in total. The lowest BCUT2D eigenvalue weighted by Crippen LogP contribution is -2.21. The summed E-state index contributed by atoms with van der Waals surface area (Å²) in [7, 11) is 0. The van der Waals surface area contributed by atoms with E-state index in [4.69, 9.17) is 9.47 Å². The third-order valence-corrected chi connectivity index (χ3v) is 2.58. The van der Waals surface area contributed by atoms with Gasteiger partial charge in [-0.2, -0.15) is 0 Å². The number of ether oxygens (including phenoxy) is 2. The van der Waals surface area contributed by atoms with E-state index < -0.39 is 12.6 Å². The van der Waals surface area contributed by atoms with Crippen molar-refractivity contribution in [3.05, 3.63) is 35.4 Å². The van der Waals surface area contributed by atoms with Crippen LogP contribution in [0.3, 0.4) is 0 Å². The lowest BCUT2D eigenvalue weighted by Gasteiger charge is -2.16. The van der Waals surface area contributed by atoms with Crippen molar-refractivity contribution in [1.29, 1.82) is 0 Å². The van der Waals surface area contributed by atoms with E-state index >= 15 is 0 Å². The molecule has 0 saturated heterocycles. The molecule has 1 rings (SSSR count). The number of hydrogen-bond acceptors (Lipinski definition) is 4. The van der Waals surface area contributed by atoms with Crippen LogP contribution >= 0.6 is 0 Å². The van der Waals surface area contributed by atoms with Crippen LogP contribution in [0.4, 0.5) is 0 Å². The van der Waals surface area contributed by atoms with E-state index in [1.165, 1.54) is 0 Å². The fourth-order valence-electron chi connectivity index (χ4n) is 1.35. The summed E-state index contributed by atoms with van der Waals surface area (Å²) in [5, 5.41) is 19.1. The van der Waals surface area contributed by atoms with Gasteiger partial charge < -0.3 is 19.7 Å². The Hall–Kier alpha value is -0.940. The van der Waals surface area contributed by atoms with Crippen LogP contribution in [-0.4, -0.2) is 29.7 Å². The molecule has 0 aliphatic rings. The van der Waals surface area contributed by atoms with Crippen LogP contribution in [-0.2, 0) is 9.47 Å². The lowest BCUT2D eigenvalue weighted by molar-refractivity contribution is -0.162. The summed E-state index contributed by atoms with van der Waals surface area (Å²) in [5.41, 5.74) is 1.85. The molecule has 0 saturated carbocycles. The van der Waals surface area contributed by atoms with Gasteiger partial charge in [-0.1, -0.05) is 43.7 Å². The first-order chi connectivity index (χ1) is 8.50. The molecule has 0 aliphatic heterocycles. The minimum Gasteiger partial charge on any atom is -0.368 e. The number of rotatable bonds is 7. The van der Waals surface area contributed by atoms with Crippen molar-refractivity contribution < 1.29 is 19.7 Å². The van der Waals surface area contributed by atoms with Crippen LogP contribution in [0, 0.1) is 12.8 Å². The summed E-state index contributed by atoms with van der Waals surface area (Å²) >= 11 is 0. The highest BCUT2D eigenvalue weighted by atomic mass is 16.6. The minimum atomic E-state index is -0.953. The van der Waals surface area contributed by atoms with Crippen molar-refractivity contribution in [3.63, 3.8) is 0 Å². The van der Waals surface area contributed by atoms with Crippen molar-refractivity contribution >= 4 is 0 Å².